The van der Waals surface area contributed by atoms with Crippen LogP contribution < -0.4 is 10.2 Å². The third kappa shape index (κ3) is 59.1. The summed E-state index contributed by atoms with van der Waals surface area (Å²) in [5.74, 6) is -0.207. The molecule has 0 aromatic rings. The molecule has 76 heavy (non-hydrogen) atoms. The van der Waals surface area contributed by atoms with E-state index in [4.69, 9.17) is 9.05 Å². The van der Waals surface area contributed by atoms with Gasteiger partial charge in [0.25, 0.3) is 7.82 Å². The number of hydrogen-bond acceptors (Lipinski definition) is 6. The molecule has 3 atom stereocenters. The highest BCUT2D eigenvalue weighted by Gasteiger charge is 2.23. The van der Waals surface area contributed by atoms with Crippen LogP contribution in [-0.2, 0) is 18.4 Å². The van der Waals surface area contributed by atoms with Crippen LogP contribution in [0.3, 0.4) is 0 Å². The molecular weight excluding hydrogens is 960 g/mol. The summed E-state index contributed by atoms with van der Waals surface area (Å²) in [6.07, 6.45) is 82.2. The summed E-state index contributed by atoms with van der Waals surface area (Å²) in [7, 11) is 1.24. The van der Waals surface area contributed by atoms with Gasteiger partial charge in [0, 0.05) is 6.42 Å². The molecule has 2 N–H and O–H groups in total. The zero-order chi connectivity index (χ0) is 55.6. The van der Waals surface area contributed by atoms with Gasteiger partial charge in [0.1, 0.15) is 13.2 Å². The summed E-state index contributed by atoms with van der Waals surface area (Å²) in [4.78, 5) is 25.5. The first-order valence-electron chi connectivity index (χ1n) is 31.6. The Kier molecular flexibility index (Phi) is 55.2. The lowest BCUT2D eigenvalue weighted by atomic mass is 10.0. The molecule has 0 fully saturated rings. The molecule has 0 bridgehead atoms. The lowest BCUT2D eigenvalue weighted by Gasteiger charge is -2.29. The van der Waals surface area contributed by atoms with E-state index in [0.717, 1.165) is 77.0 Å². The van der Waals surface area contributed by atoms with Crippen molar-refractivity contribution in [3.63, 3.8) is 0 Å². The Bertz CT molecular complexity index is 1560. The predicted octanol–water partition coefficient (Wildman–Crippen LogP) is 19.1. The highest BCUT2D eigenvalue weighted by Crippen LogP contribution is 2.38. The van der Waals surface area contributed by atoms with E-state index in [2.05, 4.69) is 104 Å². The van der Waals surface area contributed by atoms with Crippen LogP contribution in [0.5, 0.6) is 0 Å². The quantitative estimate of drug-likeness (QED) is 0.0272. The van der Waals surface area contributed by atoms with Crippen LogP contribution in [0.4, 0.5) is 0 Å². The smallest absolute Gasteiger partial charge is 0.268 e. The number of rotatable bonds is 57. The number of hydrogen-bond donors (Lipinski definition) is 2. The number of aliphatic hydroxyl groups is 1. The van der Waals surface area contributed by atoms with Crippen molar-refractivity contribution in [3.8, 4) is 0 Å². The molecule has 0 saturated carbocycles. The fourth-order valence-corrected chi connectivity index (χ4v) is 9.60. The zero-order valence-corrected chi connectivity index (χ0v) is 51.1. The number of aliphatic hydroxyl groups excluding tert-OH is 1. The second-order valence-electron chi connectivity index (χ2n) is 22.4. The summed E-state index contributed by atoms with van der Waals surface area (Å²) < 4.78 is 23.4. The molecule has 0 aliphatic rings. The molecule has 0 heterocycles. The van der Waals surface area contributed by atoms with Crippen LogP contribution in [0.15, 0.2) is 97.2 Å². The van der Waals surface area contributed by atoms with Gasteiger partial charge >= 0.3 is 0 Å². The average molecular weight is 1080 g/mol. The van der Waals surface area contributed by atoms with Crippen LogP contribution in [-0.4, -0.2) is 68.5 Å². The van der Waals surface area contributed by atoms with Crippen molar-refractivity contribution in [1.82, 2.24) is 5.32 Å². The molecular formula is C67H121N2O6P. The van der Waals surface area contributed by atoms with E-state index in [1.54, 1.807) is 6.08 Å². The minimum atomic E-state index is -4.61. The minimum Gasteiger partial charge on any atom is -0.756 e. The standard InChI is InChI=1S/C67H121N2O6P/c1-6-8-10-12-14-16-18-20-22-24-25-26-27-28-29-30-31-32-33-34-35-36-37-38-39-40-41-42-43-45-47-49-51-53-55-57-59-61-67(71)68-65(64-75-76(72,73)74-63-62-69(3,4)5)66(70)60-58-56-54-52-50-48-46-44-23-21-19-17-15-13-11-9-7-2/h8,10,14,16,20,22,25-26,28-29,31-32,50,52,58,60,65-66,70H,6-7,9,11-13,15,17-19,21,23-24,27,30,33-49,51,53-57,59,61-64H2,1-5H3,(H-,68,71,72,73)/b10-8-,16-14-,22-20-,26-25-,29-28-,32-31-,52-50+,60-58+. The van der Waals surface area contributed by atoms with E-state index in [1.165, 1.54) is 173 Å². The molecule has 0 aliphatic heterocycles. The molecule has 440 valence electrons. The molecule has 3 unspecified atom stereocenters. The Labute approximate surface area is 470 Å². The average Bonchev–Trinajstić information content (AvgIpc) is 3.38. The molecule has 0 rings (SSSR count). The maximum absolute atomic E-state index is 13.0. The fraction of sp³-hybridized carbons (Fsp3) is 0.746. The van der Waals surface area contributed by atoms with Gasteiger partial charge in [-0.15, -0.1) is 0 Å². The molecule has 8 nitrogen and oxygen atoms in total. The SMILES string of the molecule is CC/C=C\C/C=C\C/C=C\C/C=C\C/C=C\C/C=C\CCCCCCCCCCCCCCCCCCCCC(=O)NC(COP(=O)([O-])OCC[N+](C)(C)C)C(O)/C=C/CC/C=C/CCCCCCCCCCCCC. The number of likely N-dealkylation sites (N-methyl/N-ethyl adjacent to an activating group) is 1. The number of phosphoric ester groups is 1. The van der Waals surface area contributed by atoms with Crippen molar-refractivity contribution in [3.05, 3.63) is 97.2 Å². The normalized spacial score (nSPS) is 14.5. The largest absolute Gasteiger partial charge is 0.756 e. The van der Waals surface area contributed by atoms with Gasteiger partial charge < -0.3 is 28.8 Å². The van der Waals surface area contributed by atoms with Gasteiger partial charge in [-0.05, 0) is 83.5 Å². The molecule has 9 heteroatoms. The Morgan fingerprint density at radius 1 is 0.474 bits per heavy atom. The summed E-state index contributed by atoms with van der Waals surface area (Å²) in [6.45, 7) is 4.52. The van der Waals surface area contributed by atoms with Crippen LogP contribution >= 0.6 is 7.82 Å². The lowest BCUT2D eigenvalue weighted by Crippen LogP contribution is -2.45. The van der Waals surface area contributed by atoms with Crippen LogP contribution in [0.2, 0.25) is 0 Å². The fourth-order valence-electron chi connectivity index (χ4n) is 8.88. The summed E-state index contributed by atoms with van der Waals surface area (Å²) in [6, 6.07) is -0.907. The van der Waals surface area contributed by atoms with Crippen LogP contribution in [0.1, 0.15) is 271 Å². The van der Waals surface area contributed by atoms with E-state index in [1.807, 2.05) is 27.2 Å². The second kappa shape index (κ2) is 57.1. The van der Waals surface area contributed by atoms with Gasteiger partial charge in [0.05, 0.1) is 39.9 Å². The van der Waals surface area contributed by atoms with Gasteiger partial charge in [-0.25, -0.2) is 0 Å². The topological polar surface area (TPSA) is 108 Å². The molecule has 0 spiro atoms. The Morgan fingerprint density at radius 3 is 1.22 bits per heavy atom. The molecule has 0 aliphatic carbocycles. The summed E-state index contributed by atoms with van der Waals surface area (Å²) in [5, 5.41) is 13.9. The Morgan fingerprint density at radius 2 is 0.816 bits per heavy atom. The second-order valence-corrected chi connectivity index (χ2v) is 23.8. The highest BCUT2D eigenvalue weighted by atomic mass is 31.2. The molecule has 0 saturated heterocycles. The summed E-state index contributed by atoms with van der Waals surface area (Å²) in [5.41, 5.74) is 0. The van der Waals surface area contributed by atoms with Crippen molar-refractivity contribution in [2.75, 3.05) is 40.9 Å². The number of amides is 1. The van der Waals surface area contributed by atoms with Crippen molar-refractivity contribution in [2.24, 2.45) is 0 Å². The van der Waals surface area contributed by atoms with Crippen LogP contribution in [0, 0.1) is 0 Å². The predicted molar refractivity (Wildman–Crippen MR) is 329 cm³/mol. The van der Waals surface area contributed by atoms with Crippen LogP contribution in [0.25, 0.3) is 0 Å². The van der Waals surface area contributed by atoms with E-state index in [-0.39, 0.29) is 12.5 Å². The molecule has 1 amide bonds. The number of carbonyl (C=O) groups excluding carboxylic acids is 1. The van der Waals surface area contributed by atoms with E-state index < -0.39 is 26.6 Å². The van der Waals surface area contributed by atoms with Gasteiger partial charge in [-0.1, -0.05) is 278 Å². The monoisotopic (exact) mass is 1080 g/mol. The number of unbranched alkanes of at least 4 members (excludes halogenated alkanes) is 30. The Hall–Kier alpha value is -2.58. The van der Waals surface area contributed by atoms with E-state index in [0.29, 0.717) is 17.4 Å². The molecule has 0 aromatic heterocycles. The number of phosphoric acid groups is 1. The van der Waals surface area contributed by atoms with Gasteiger partial charge in [-0.2, -0.15) is 0 Å². The highest BCUT2D eigenvalue weighted by molar-refractivity contribution is 7.45. The minimum absolute atomic E-state index is 0.00832. The van der Waals surface area contributed by atoms with Crippen molar-refractivity contribution < 1.29 is 32.9 Å². The maximum atomic E-state index is 13.0. The third-order valence-electron chi connectivity index (χ3n) is 13.8. The number of allylic oxidation sites excluding steroid dienone is 15. The van der Waals surface area contributed by atoms with Crippen molar-refractivity contribution >= 4 is 13.7 Å². The Balaban J connectivity index is 4.05. The first-order valence-corrected chi connectivity index (χ1v) is 33.1. The van der Waals surface area contributed by atoms with Gasteiger partial charge in [0.15, 0.2) is 0 Å². The number of nitrogens with zero attached hydrogens (tertiary/aromatic N) is 1. The van der Waals surface area contributed by atoms with Crippen molar-refractivity contribution in [1.29, 1.82) is 0 Å². The molecule has 0 aromatic carbocycles. The van der Waals surface area contributed by atoms with E-state index in [9.17, 15) is 19.4 Å². The zero-order valence-electron chi connectivity index (χ0n) is 50.2. The molecule has 0 radical (unpaired) electrons. The maximum Gasteiger partial charge on any atom is 0.268 e. The number of carbonyl (C=O) groups is 1. The van der Waals surface area contributed by atoms with E-state index >= 15 is 0 Å². The summed E-state index contributed by atoms with van der Waals surface area (Å²) >= 11 is 0. The third-order valence-corrected chi connectivity index (χ3v) is 14.7. The first kappa shape index (κ1) is 73.4. The number of quaternary nitrogens is 1. The van der Waals surface area contributed by atoms with Crippen molar-refractivity contribution in [2.45, 2.75) is 283 Å². The number of nitrogens with one attached hydrogen (secondary N) is 1. The first-order chi connectivity index (χ1) is 37.0. The van der Waals surface area contributed by atoms with Gasteiger partial charge in [0.2, 0.25) is 5.91 Å². The van der Waals surface area contributed by atoms with Gasteiger partial charge in [-0.3, -0.25) is 9.36 Å². The lowest BCUT2D eigenvalue weighted by molar-refractivity contribution is -0.870.